The van der Waals surface area contributed by atoms with E-state index in [1.54, 1.807) is 7.11 Å². The maximum atomic E-state index is 11.6. The molecule has 2 rings (SSSR count). The molecule has 1 aliphatic rings. The molecule has 0 aromatic heterocycles. The van der Waals surface area contributed by atoms with E-state index in [1.165, 1.54) is 0 Å². The van der Waals surface area contributed by atoms with Gasteiger partial charge in [0.2, 0.25) is 5.91 Å². The number of methoxy groups -OCH3 is 1. The molecule has 1 fully saturated rings. The quantitative estimate of drug-likeness (QED) is 0.231. The van der Waals surface area contributed by atoms with Gasteiger partial charge >= 0.3 is 0 Å². The maximum absolute atomic E-state index is 11.6. The van der Waals surface area contributed by atoms with Crippen LogP contribution in [-0.2, 0) is 11.3 Å². The van der Waals surface area contributed by atoms with Crippen LogP contribution in [0.4, 0.5) is 0 Å². The summed E-state index contributed by atoms with van der Waals surface area (Å²) in [5, 5.41) is 6.58. The van der Waals surface area contributed by atoms with E-state index in [1.807, 2.05) is 30.0 Å². The van der Waals surface area contributed by atoms with E-state index >= 15 is 0 Å². The number of ether oxygens (including phenoxy) is 1. The number of rotatable bonds is 8. The average molecular weight is 539 g/mol. The summed E-state index contributed by atoms with van der Waals surface area (Å²) in [5.74, 6) is 1.89. The fraction of sp³-hybridized carbons (Fsp3) is 0.556. The van der Waals surface area contributed by atoms with Crippen molar-refractivity contribution in [1.29, 1.82) is 0 Å². The Labute approximate surface area is 181 Å². The molecule has 0 aliphatic carbocycles. The molecule has 146 valence electrons. The van der Waals surface area contributed by atoms with E-state index in [2.05, 4.69) is 31.6 Å². The molecule has 2 N–H and O–H groups in total. The van der Waals surface area contributed by atoms with Gasteiger partial charge in [0, 0.05) is 32.6 Å². The van der Waals surface area contributed by atoms with Gasteiger partial charge in [-0.25, -0.2) is 4.99 Å². The third-order valence-electron chi connectivity index (χ3n) is 4.05. The number of likely N-dealkylation sites (tertiary alicyclic amines) is 1. The van der Waals surface area contributed by atoms with E-state index in [-0.39, 0.29) is 29.9 Å². The molecule has 0 atom stereocenters. The molecule has 0 spiro atoms. The molecular weight excluding hydrogens is 511 g/mol. The number of benzene rings is 1. The molecule has 8 heteroatoms. The minimum atomic E-state index is 0. The van der Waals surface area contributed by atoms with Crippen molar-refractivity contribution in [3.05, 3.63) is 28.2 Å². The summed E-state index contributed by atoms with van der Waals surface area (Å²) in [7, 11) is 1.65. The Morgan fingerprint density at radius 3 is 2.81 bits per heavy atom. The minimum absolute atomic E-state index is 0. The summed E-state index contributed by atoms with van der Waals surface area (Å²) in [5.41, 5.74) is 1.10. The minimum Gasteiger partial charge on any atom is -0.496 e. The fourth-order valence-electron chi connectivity index (χ4n) is 2.74. The van der Waals surface area contributed by atoms with Crippen molar-refractivity contribution >= 4 is 51.8 Å². The topological polar surface area (TPSA) is 66.0 Å². The standard InChI is InChI=1S/C18H27BrN4O2.HI/c1-3-20-18(21-9-5-11-23-10-4-6-17(23)24)22-13-14-7-8-16(25-2)15(19)12-14;/h7-8,12H,3-6,9-11,13H2,1-2H3,(H2,20,21,22);1H. The lowest BCUT2D eigenvalue weighted by molar-refractivity contribution is -0.127. The van der Waals surface area contributed by atoms with Crippen molar-refractivity contribution in [3.63, 3.8) is 0 Å². The van der Waals surface area contributed by atoms with Crippen molar-refractivity contribution < 1.29 is 9.53 Å². The molecule has 0 saturated carbocycles. The molecule has 26 heavy (non-hydrogen) atoms. The molecule has 1 saturated heterocycles. The Hall–Kier alpha value is -1.03. The Balaban J connectivity index is 0.00000338. The lowest BCUT2D eigenvalue weighted by Crippen LogP contribution is -2.39. The van der Waals surface area contributed by atoms with Crippen LogP contribution >= 0.6 is 39.9 Å². The summed E-state index contributed by atoms with van der Waals surface area (Å²) in [4.78, 5) is 18.2. The molecule has 1 heterocycles. The Morgan fingerprint density at radius 2 is 2.19 bits per heavy atom. The van der Waals surface area contributed by atoms with Gasteiger partial charge in [0.1, 0.15) is 5.75 Å². The monoisotopic (exact) mass is 538 g/mol. The van der Waals surface area contributed by atoms with Gasteiger partial charge in [-0.1, -0.05) is 6.07 Å². The van der Waals surface area contributed by atoms with Crippen LogP contribution in [0.2, 0.25) is 0 Å². The number of hydrogen-bond donors (Lipinski definition) is 2. The zero-order valence-electron chi connectivity index (χ0n) is 15.4. The summed E-state index contributed by atoms with van der Waals surface area (Å²) < 4.78 is 6.17. The normalized spacial score (nSPS) is 14.2. The highest BCUT2D eigenvalue weighted by Gasteiger charge is 2.18. The highest BCUT2D eigenvalue weighted by molar-refractivity contribution is 14.0. The SMILES string of the molecule is CCNC(=NCc1ccc(OC)c(Br)c1)NCCCN1CCCC1=O.I. The molecule has 1 amide bonds. The van der Waals surface area contributed by atoms with E-state index < -0.39 is 0 Å². The van der Waals surface area contributed by atoms with Crippen LogP contribution in [-0.4, -0.2) is 50.1 Å². The lowest BCUT2D eigenvalue weighted by Gasteiger charge is -2.16. The molecule has 1 aliphatic heterocycles. The van der Waals surface area contributed by atoms with Gasteiger partial charge in [0.25, 0.3) is 0 Å². The first-order valence-corrected chi connectivity index (χ1v) is 9.55. The van der Waals surface area contributed by atoms with Crippen LogP contribution in [0.25, 0.3) is 0 Å². The molecule has 6 nitrogen and oxygen atoms in total. The number of halogens is 2. The van der Waals surface area contributed by atoms with Gasteiger partial charge in [-0.3, -0.25) is 4.79 Å². The summed E-state index contributed by atoms with van der Waals surface area (Å²) in [6.45, 7) is 5.95. The second kappa shape index (κ2) is 12.4. The van der Waals surface area contributed by atoms with E-state index in [4.69, 9.17) is 4.74 Å². The van der Waals surface area contributed by atoms with Crippen LogP contribution in [0.15, 0.2) is 27.7 Å². The Bertz CT molecular complexity index is 613. The predicted molar refractivity (Wildman–Crippen MR) is 119 cm³/mol. The maximum Gasteiger partial charge on any atom is 0.222 e. The zero-order valence-corrected chi connectivity index (χ0v) is 19.3. The number of guanidine groups is 1. The van der Waals surface area contributed by atoms with Gasteiger partial charge in [0.05, 0.1) is 18.1 Å². The molecule has 1 aromatic carbocycles. The van der Waals surface area contributed by atoms with Crippen molar-refractivity contribution in [2.24, 2.45) is 4.99 Å². The molecular formula is C18H28BrIN4O2. The zero-order chi connectivity index (χ0) is 18.1. The van der Waals surface area contributed by atoms with Crippen LogP contribution in [0.1, 0.15) is 31.7 Å². The molecule has 0 bridgehead atoms. The third kappa shape index (κ3) is 7.30. The van der Waals surface area contributed by atoms with Crippen LogP contribution in [0.5, 0.6) is 5.75 Å². The highest BCUT2D eigenvalue weighted by Crippen LogP contribution is 2.25. The number of nitrogens with zero attached hydrogens (tertiary/aromatic N) is 2. The van der Waals surface area contributed by atoms with E-state index in [0.717, 1.165) is 60.8 Å². The number of nitrogens with one attached hydrogen (secondary N) is 2. The first-order chi connectivity index (χ1) is 12.1. The third-order valence-corrected chi connectivity index (χ3v) is 4.67. The Morgan fingerprint density at radius 1 is 1.38 bits per heavy atom. The number of carbonyl (C=O) groups is 1. The van der Waals surface area contributed by atoms with Gasteiger partial charge in [-0.05, 0) is 53.4 Å². The van der Waals surface area contributed by atoms with Crippen molar-refractivity contribution in [2.45, 2.75) is 32.7 Å². The van der Waals surface area contributed by atoms with E-state index in [9.17, 15) is 4.79 Å². The fourth-order valence-corrected chi connectivity index (χ4v) is 3.33. The number of carbonyl (C=O) groups excluding carboxylic acids is 1. The highest BCUT2D eigenvalue weighted by atomic mass is 127. The van der Waals surface area contributed by atoms with Crippen LogP contribution in [0.3, 0.4) is 0 Å². The molecule has 0 unspecified atom stereocenters. The summed E-state index contributed by atoms with van der Waals surface area (Å²) in [6.07, 6.45) is 2.62. The number of aliphatic imine (C=N–C) groups is 1. The van der Waals surface area contributed by atoms with Gasteiger partial charge in [-0.2, -0.15) is 0 Å². The Kier molecular flexibility index (Phi) is 11.0. The first kappa shape index (κ1) is 23.0. The number of hydrogen-bond acceptors (Lipinski definition) is 3. The summed E-state index contributed by atoms with van der Waals surface area (Å²) >= 11 is 3.50. The smallest absolute Gasteiger partial charge is 0.222 e. The molecule has 0 radical (unpaired) electrons. The van der Waals surface area contributed by atoms with Crippen LogP contribution in [0, 0.1) is 0 Å². The second-order valence-corrected chi connectivity index (χ2v) is 6.78. The van der Waals surface area contributed by atoms with Crippen molar-refractivity contribution in [3.8, 4) is 5.75 Å². The summed E-state index contributed by atoms with van der Waals surface area (Å²) in [6, 6.07) is 5.96. The van der Waals surface area contributed by atoms with Gasteiger partial charge in [-0.15, -0.1) is 24.0 Å². The van der Waals surface area contributed by atoms with Crippen molar-refractivity contribution in [2.75, 3.05) is 33.3 Å². The predicted octanol–water partition coefficient (Wildman–Crippen LogP) is 3.14. The van der Waals surface area contributed by atoms with Crippen LogP contribution < -0.4 is 15.4 Å². The van der Waals surface area contributed by atoms with Gasteiger partial charge < -0.3 is 20.3 Å². The van der Waals surface area contributed by atoms with Gasteiger partial charge in [0.15, 0.2) is 5.96 Å². The first-order valence-electron chi connectivity index (χ1n) is 8.76. The lowest BCUT2D eigenvalue weighted by atomic mass is 10.2. The second-order valence-electron chi connectivity index (χ2n) is 5.93. The molecule has 1 aromatic rings. The largest absolute Gasteiger partial charge is 0.496 e. The van der Waals surface area contributed by atoms with Crippen molar-refractivity contribution in [1.82, 2.24) is 15.5 Å². The average Bonchev–Trinajstić information content (AvgIpc) is 3.01. The number of amides is 1. The van der Waals surface area contributed by atoms with E-state index in [0.29, 0.717) is 13.0 Å².